The fourth-order valence-electron chi connectivity index (χ4n) is 2.48. The summed E-state index contributed by atoms with van der Waals surface area (Å²) in [5.41, 5.74) is 2.16. The molecule has 2 rings (SSSR count). The third-order valence-electron chi connectivity index (χ3n) is 3.42. The summed E-state index contributed by atoms with van der Waals surface area (Å²) in [6, 6.07) is 1.45. The van der Waals surface area contributed by atoms with Crippen LogP contribution in [0.25, 0.3) is 0 Å². The molecule has 0 saturated carbocycles. The van der Waals surface area contributed by atoms with Crippen molar-refractivity contribution in [3.05, 3.63) is 11.9 Å². The van der Waals surface area contributed by atoms with Crippen molar-refractivity contribution >= 4 is 11.6 Å². The highest BCUT2D eigenvalue weighted by molar-refractivity contribution is 5.49. The second-order valence-electron chi connectivity index (χ2n) is 4.97. The Morgan fingerprint density at radius 3 is 2.80 bits per heavy atom. The molecule has 0 spiro atoms. The molecule has 0 radical (unpaired) electrons. The first-order valence-corrected chi connectivity index (χ1v) is 6.62. The number of halogens is 3. The number of alkyl halides is 3. The number of hydrogen-bond acceptors (Lipinski definition) is 5. The molecule has 0 aliphatic carbocycles. The Balaban J connectivity index is 2.23. The summed E-state index contributed by atoms with van der Waals surface area (Å²) < 4.78 is 38.3. The van der Waals surface area contributed by atoms with Crippen LogP contribution in [0.2, 0.25) is 0 Å². The second kappa shape index (κ2) is 5.82. The quantitative estimate of drug-likeness (QED) is 0.658. The van der Waals surface area contributed by atoms with Crippen LogP contribution >= 0.6 is 0 Å². The van der Waals surface area contributed by atoms with E-state index < -0.39 is 12.0 Å². The maximum atomic E-state index is 12.8. The normalized spacial score (nSPS) is 19.4. The van der Waals surface area contributed by atoms with Crippen molar-refractivity contribution < 1.29 is 13.2 Å². The number of aromatic nitrogens is 2. The first-order chi connectivity index (χ1) is 9.44. The summed E-state index contributed by atoms with van der Waals surface area (Å²) in [5.74, 6) is 4.78. The SMILES string of the molecule is CCCC1CCN(c2cc(NN)nc(C(F)(F)F)n2)C1. The number of nitrogens with zero attached hydrogens (tertiary/aromatic N) is 3. The minimum atomic E-state index is -4.58. The number of nitrogen functional groups attached to an aromatic ring is 1. The van der Waals surface area contributed by atoms with E-state index in [0.29, 0.717) is 12.5 Å². The number of nitrogens with two attached hydrogens (primary N) is 1. The van der Waals surface area contributed by atoms with Crippen molar-refractivity contribution in [2.75, 3.05) is 23.4 Å². The standard InChI is InChI=1S/C12H18F3N5/c1-2-3-8-4-5-20(7-8)10-6-9(19-16)17-11(18-10)12(13,14)15/h6,8H,2-5,7,16H2,1H3,(H,17,18,19). The Bertz CT molecular complexity index is 463. The zero-order chi connectivity index (χ0) is 14.8. The van der Waals surface area contributed by atoms with E-state index in [0.717, 1.165) is 25.8 Å². The van der Waals surface area contributed by atoms with Gasteiger partial charge < -0.3 is 10.3 Å². The van der Waals surface area contributed by atoms with Gasteiger partial charge in [-0.05, 0) is 18.8 Å². The molecule has 1 aliphatic heterocycles. The first kappa shape index (κ1) is 14.8. The molecule has 1 saturated heterocycles. The topological polar surface area (TPSA) is 67.1 Å². The molecule has 3 N–H and O–H groups in total. The molecule has 1 aromatic heterocycles. The molecular formula is C12H18F3N5. The third kappa shape index (κ3) is 3.30. The second-order valence-corrected chi connectivity index (χ2v) is 4.97. The number of rotatable bonds is 4. The predicted molar refractivity (Wildman–Crippen MR) is 70.1 cm³/mol. The van der Waals surface area contributed by atoms with Crippen LogP contribution in [0.4, 0.5) is 24.8 Å². The van der Waals surface area contributed by atoms with Gasteiger partial charge in [-0.15, -0.1) is 0 Å². The molecule has 0 bridgehead atoms. The average Bonchev–Trinajstić information content (AvgIpc) is 2.86. The summed E-state index contributed by atoms with van der Waals surface area (Å²) in [6.45, 7) is 3.54. The smallest absolute Gasteiger partial charge is 0.356 e. The highest BCUT2D eigenvalue weighted by Gasteiger charge is 2.36. The molecule has 1 aromatic rings. The van der Waals surface area contributed by atoms with E-state index in [4.69, 9.17) is 5.84 Å². The Labute approximate surface area is 115 Å². The van der Waals surface area contributed by atoms with Crippen LogP contribution in [0, 0.1) is 5.92 Å². The summed E-state index contributed by atoms with van der Waals surface area (Å²) >= 11 is 0. The van der Waals surface area contributed by atoms with Crippen molar-refractivity contribution in [2.24, 2.45) is 11.8 Å². The zero-order valence-electron chi connectivity index (χ0n) is 11.2. The fraction of sp³-hybridized carbons (Fsp3) is 0.667. The molecule has 5 nitrogen and oxygen atoms in total. The van der Waals surface area contributed by atoms with Gasteiger partial charge in [0.05, 0.1) is 0 Å². The van der Waals surface area contributed by atoms with E-state index >= 15 is 0 Å². The van der Waals surface area contributed by atoms with Crippen LogP contribution in [0.15, 0.2) is 6.07 Å². The van der Waals surface area contributed by atoms with E-state index in [1.54, 1.807) is 0 Å². The molecule has 1 atom stereocenters. The van der Waals surface area contributed by atoms with Crippen molar-refractivity contribution in [2.45, 2.75) is 32.4 Å². The van der Waals surface area contributed by atoms with Crippen LogP contribution in [0.5, 0.6) is 0 Å². The Hall–Kier alpha value is -1.57. The van der Waals surface area contributed by atoms with E-state index in [2.05, 4.69) is 22.3 Å². The van der Waals surface area contributed by atoms with Crippen LogP contribution in [0.1, 0.15) is 32.0 Å². The minimum absolute atomic E-state index is 0.0266. The average molecular weight is 289 g/mol. The highest BCUT2D eigenvalue weighted by Crippen LogP contribution is 2.31. The number of hydrogen-bond donors (Lipinski definition) is 2. The monoisotopic (exact) mass is 289 g/mol. The van der Waals surface area contributed by atoms with E-state index in [9.17, 15) is 13.2 Å². The van der Waals surface area contributed by atoms with Crippen molar-refractivity contribution in [1.29, 1.82) is 0 Å². The molecular weight excluding hydrogens is 271 g/mol. The lowest BCUT2D eigenvalue weighted by Gasteiger charge is -2.19. The Morgan fingerprint density at radius 1 is 1.45 bits per heavy atom. The number of hydrazine groups is 1. The summed E-state index contributed by atoms with van der Waals surface area (Å²) in [6.07, 6.45) is -1.45. The lowest BCUT2D eigenvalue weighted by molar-refractivity contribution is -0.144. The maximum Gasteiger partial charge on any atom is 0.451 e. The number of anilines is 2. The molecule has 112 valence electrons. The summed E-state index contributed by atoms with van der Waals surface area (Å²) in [4.78, 5) is 8.83. The summed E-state index contributed by atoms with van der Waals surface area (Å²) in [5, 5.41) is 0. The van der Waals surface area contributed by atoms with Gasteiger partial charge in [-0.3, -0.25) is 0 Å². The maximum absolute atomic E-state index is 12.8. The van der Waals surface area contributed by atoms with Crippen molar-refractivity contribution in [1.82, 2.24) is 9.97 Å². The van der Waals surface area contributed by atoms with Crippen LogP contribution in [-0.4, -0.2) is 23.1 Å². The van der Waals surface area contributed by atoms with E-state index in [-0.39, 0.29) is 11.6 Å². The highest BCUT2D eigenvalue weighted by atomic mass is 19.4. The minimum Gasteiger partial charge on any atom is -0.356 e. The van der Waals surface area contributed by atoms with Gasteiger partial charge in [-0.1, -0.05) is 13.3 Å². The van der Waals surface area contributed by atoms with Crippen molar-refractivity contribution in [3.8, 4) is 0 Å². The van der Waals surface area contributed by atoms with Gasteiger partial charge in [0.1, 0.15) is 11.6 Å². The molecule has 2 heterocycles. The molecule has 1 unspecified atom stereocenters. The van der Waals surface area contributed by atoms with Gasteiger partial charge in [0.25, 0.3) is 0 Å². The zero-order valence-corrected chi connectivity index (χ0v) is 11.2. The van der Waals surface area contributed by atoms with Gasteiger partial charge >= 0.3 is 6.18 Å². The van der Waals surface area contributed by atoms with Gasteiger partial charge in [0.15, 0.2) is 0 Å². The van der Waals surface area contributed by atoms with E-state index in [1.807, 2.05) is 4.90 Å². The molecule has 8 heteroatoms. The van der Waals surface area contributed by atoms with Gasteiger partial charge in [-0.2, -0.15) is 13.2 Å². The molecule has 1 fully saturated rings. The Kier molecular flexibility index (Phi) is 4.32. The summed E-state index contributed by atoms with van der Waals surface area (Å²) in [7, 11) is 0. The lowest BCUT2D eigenvalue weighted by Crippen LogP contribution is -2.24. The van der Waals surface area contributed by atoms with E-state index in [1.165, 1.54) is 6.07 Å². The third-order valence-corrected chi connectivity index (χ3v) is 3.42. The van der Waals surface area contributed by atoms with Gasteiger partial charge in [0, 0.05) is 19.2 Å². The van der Waals surface area contributed by atoms with Crippen LogP contribution in [-0.2, 0) is 6.18 Å². The lowest BCUT2D eigenvalue weighted by atomic mass is 10.0. The van der Waals surface area contributed by atoms with Crippen molar-refractivity contribution in [3.63, 3.8) is 0 Å². The molecule has 0 aromatic carbocycles. The molecule has 0 amide bonds. The Morgan fingerprint density at radius 2 is 2.20 bits per heavy atom. The van der Waals surface area contributed by atoms with Crippen LogP contribution < -0.4 is 16.2 Å². The first-order valence-electron chi connectivity index (χ1n) is 6.62. The molecule has 1 aliphatic rings. The van der Waals surface area contributed by atoms with Gasteiger partial charge in [-0.25, -0.2) is 15.8 Å². The fourth-order valence-corrected chi connectivity index (χ4v) is 2.48. The van der Waals surface area contributed by atoms with Gasteiger partial charge in [0.2, 0.25) is 5.82 Å². The number of nitrogens with one attached hydrogen (secondary N) is 1. The molecule has 20 heavy (non-hydrogen) atoms. The van der Waals surface area contributed by atoms with Crippen LogP contribution in [0.3, 0.4) is 0 Å². The largest absolute Gasteiger partial charge is 0.451 e. The predicted octanol–water partition coefficient (Wildman–Crippen LogP) is 2.41.